The van der Waals surface area contributed by atoms with Crippen LogP contribution < -0.4 is 31.1 Å². The van der Waals surface area contributed by atoms with Crippen molar-refractivity contribution in [3.8, 4) is 22.3 Å². The fourth-order valence-corrected chi connectivity index (χ4v) is 19.8. The lowest BCUT2D eigenvalue weighted by atomic mass is 9.33. The molecule has 0 amide bonds. The second-order valence-electron chi connectivity index (χ2n) is 31.7. The lowest BCUT2D eigenvalue weighted by molar-refractivity contribution is 0.195. The first kappa shape index (κ1) is 54.0. The Labute approximate surface area is 522 Å². The Morgan fingerprint density at radius 2 is 0.828 bits per heavy atom. The van der Waals surface area contributed by atoms with Gasteiger partial charge in [0.25, 0.3) is 6.71 Å². The molecule has 9 aromatic rings. The van der Waals surface area contributed by atoms with Gasteiger partial charge in [-0.15, -0.1) is 0 Å². The van der Waals surface area contributed by atoms with Gasteiger partial charge >= 0.3 is 0 Å². The van der Waals surface area contributed by atoms with Gasteiger partial charge in [0.1, 0.15) is 0 Å². The van der Waals surface area contributed by atoms with E-state index in [9.17, 15) is 0 Å². The van der Waals surface area contributed by atoms with E-state index < -0.39 is 0 Å². The molecular formula is C82H82BN3S. The van der Waals surface area contributed by atoms with Crippen LogP contribution in [0.15, 0.2) is 180 Å². The molecule has 3 aliphatic heterocycles. The van der Waals surface area contributed by atoms with E-state index in [1.807, 2.05) is 11.8 Å². The predicted octanol–water partition coefficient (Wildman–Crippen LogP) is 19.5. The summed E-state index contributed by atoms with van der Waals surface area (Å²) in [7, 11) is 0. The summed E-state index contributed by atoms with van der Waals surface area (Å²) in [5, 5.41) is 0. The zero-order valence-electron chi connectivity index (χ0n) is 53.0. The van der Waals surface area contributed by atoms with E-state index in [0.29, 0.717) is 0 Å². The maximum Gasteiger partial charge on any atom is 0.252 e. The quantitative estimate of drug-likeness (QED) is 0.147. The molecule has 0 saturated heterocycles. The first-order valence-corrected chi connectivity index (χ1v) is 33.7. The molecule has 9 aromatic carbocycles. The molecule has 17 rings (SSSR count). The van der Waals surface area contributed by atoms with E-state index in [1.54, 1.807) is 0 Å². The Morgan fingerprint density at radius 3 is 1.37 bits per heavy atom. The van der Waals surface area contributed by atoms with Crippen molar-refractivity contribution in [2.24, 2.45) is 21.7 Å². The fourth-order valence-electron chi connectivity index (χ4n) is 18.8. The van der Waals surface area contributed by atoms with Gasteiger partial charge in [-0.3, -0.25) is 0 Å². The van der Waals surface area contributed by atoms with Crippen LogP contribution in [0.5, 0.6) is 0 Å². The van der Waals surface area contributed by atoms with Gasteiger partial charge in [-0.2, -0.15) is 0 Å². The van der Waals surface area contributed by atoms with Crippen molar-refractivity contribution in [1.82, 2.24) is 0 Å². The number of hydrogen-bond donors (Lipinski definition) is 0. The first-order chi connectivity index (χ1) is 41.7. The Balaban J connectivity index is 0.978. The topological polar surface area (TPSA) is 9.72 Å². The maximum atomic E-state index is 2.92. The van der Waals surface area contributed by atoms with Crippen LogP contribution in [-0.4, -0.2) is 12.3 Å². The number of rotatable bonds is 7. The van der Waals surface area contributed by atoms with Crippen LogP contribution >= 0.6 is 11.8 Å². The van der Waals surface area contributed by atoms with Gasteiger partial charge < -0.3 is 14.7 Å². The van der Waals surface area contributed by atoms with Crippen LogP contribution in [0, 0.1) is 21.7 Å². The molecular weight excluding hydrogens is 1070 g/mol. The van der Waals surface area contributed by atoms with Gasteiger partial charge in [0.2, 0.25) is 0 Å². The van der Waals surface area contributed by atoms with Crippen LogP contribution in [0.4, 0.5) is 45.5 Å². The van der Waals surface area contributed by atoms with Gasteiger partial charge in [0.05, 0.1) is 5.54 Å². The van der Waals surface area contributed by atoms with E-state index >= 15 is 0 Å². The smallest absolute Gasteiger partial charge is 0.252 e. The zero-order chi connectivity index (χ0) is 59.3. The van der Waals surface area contributed by atoms with Gasteiger partial charge in [-0.1, -0.05) is 184 Å². The molecule has 0 radical (unpaired) electrons. The number of anilines is 8. The Hall–Kier alpha value is -7.21. The number of hydrogen-bond acceptors (Lipinski definition) is 4. The third kappa shape index (κ3) is 8.36. The molecule has 1 fully saturated rings. The van der Waals surface area contributed by atoms with Gasteiger partial charge in [0, 0.05) is 60.7 Å². The molecule has 434 valence electrons. The molecule has 1 unspecified atom stereocenters. The third-order valence-corrected chi connectivity index (χ3v) is 23.7. The summed E-state index contributed by atoms with van der Waals surface area (Å²) in [6.07, 6.45) is 13.5. The van der Waals surface area contributed by atoms with Gasteiger partial charge in [-0.05, 0) is 254 Å². The van der Waals surface area contributed by atoms with Crippen LogP contribution in [-0.2, 0) is 56.8 Å². The number of nitrogens with zero attached hydrogens (tertiary/aromatic N) is 3. The van der Waals surface area contributed by atoms with E-state index in [2.05, 4.69) is 254 Å². The van der Waals surface area contributed by atoms with Crippen molar-refractivity contribution in [3.05, 3.63) is 220 Å². The highest BCUT2D eigenvalue weighted by atomic mass is 32.2. The van der Waals surface area contributed by atoms with Crippen molar-refractivity contribution in [3.63, 3.8) is 0 Å². The molecule has 2 atom stereocenters. The lowest BCUT2D eigenvalue weighted by Gasteiger charge is -2.51. The molecule has 1 saturated carbocycles. The third-order valence-electron chi connectivity index (χ3n) is 22.7. The van der Waals surface area contributed by atoms with Crippen molar-refractivity contribution >= 4 is 80.4 Å². The summed E-state index contributed by atoms with van der Waals surface area (Å²) in [5.74, 6) is 0. The summed E-state index contributed by atoms with van der Waals surface area (Å²) >= 11 is 1.93. The van der Waals surface area contributed by atoms with E-state index in [0.717, 1.165) is 64.2 Å². The average Bonchev–Trinajstić information content (AvgIpc) is 1.68. The minimum Gasteiger partial charge on any atom is -0.334 e. The van der Waals surface area contributed by atoms with E-state index in [4.69, 9.17) is 0 Å². The molecule has 3 heterocycles. The molecule has 5 heteroatoms. The summed E-state index contributed by atoms with van der Waals surface area (Å²) in [4.78, 5) is 11.1. The molecule has 0 N–H and O–H groups in total. The lowest BCUT2D eigenvalue weighted by Crippen LogP contribution is -2.62. The van der Waals surface area contributed by atoms with Crippen LogP contribution in [0.2, 0.25) is 0 Å². The second kappa shape index (κ2) is 18.7. The van der Waals surface area contributed by atoms with Gasteiger partial charge in [0.15, 0.2) is 0 Å². The SMILES string of the molecule is CC1(C)Cc2ccc(N3c4cc5c(cc4B4c6cc7c(cc6N(c6ccc8c(c6)CC(C)(C)C8)c6cc(N8c9cc(-c%10ccccc%10-c%10ccccc%10)c(Sc%10ccccc%10)cc9[C@]9(C)CCCCC89C)cc3c64)CC(C)(C)C7)CC(C)(C)C5)cc2C1. The molecule has 3 nitrogen and oxygen atoms in total. The fraction of sp³-hybridized carbons (Fsp3) is 0.341. The van der Waals surface area contributed by atoms with Crippen molar-refractivity contribution < 1.29 is 0 Å². The maximum absolute atomic E-state index is 2.92. The standard InChI is InChI=1S/C82H82BN3S/c1-77(2)43-52-27-29-60(33-54(52)45-77)84-71-37-58-49-79(5,6)47-56(58)35-68(71)83-69-36-57-48-80(7,8)50-59(57)38-72(69)85(61-30-28-53-44-78(3,4)46-55(53)34-61)74-40-62(39-73(84)76(74)83)86-70-41-66(65-26-18-17-25-64(65)51-21-13-11-14-22-51)75(87-63-23-15-12-16-24-63)42-67(70)81(9)31-19-20-32-82(81,86)10/h11-18,21-30,33-42H,19-20,31-32,43-50H2,1-10H3/t81-,82?/m0/s1. The van der Waals surface area contributed by atoms with E-state index in [1.165, 1.54) is 157 Å². The summed E-state index contributed by atoms with van der Waals surface area (Å²) in [6, 6.07) is 68.2. The largest absolute Gasteiger partial charge is 0.334 e. The second-order valence-corrected chi connectivity index (χ2v) is 32.8. The molecule has 5 aliphatic carbocycles. The molecule has 0 bridgehead atoms. The first-order valence-electron chi connectivity index (χ1n) is 32.9. The van der Waals surface area contributed by atoms with Gasteiger partial charge in [-0.25, -0.2) is 0 Å². The predicted molar refractivity (Wildman–Crippen MR) is 369 cm³/mol. The number of benzene rings is 9. The summed E-state index contributed by atoms with van der Waals surface area (Å²) < 4.78 is 0. The van der Waals surface area contributed by atoms with Crippen LogP contribution in [0.1, 0.15) is 145 Å². The highest BCUT2D eigenvalue weighted by Gasteiger charge is 2.59. The molecule has 0 aromatic heterocycles. The normalized spacial score (nSPS) is 22.2. The highest BCUT2D eigenvalue weighted by molar-refractivity contribution is 7.99. The Bertz CT molecular complexity index is 4230. The van der Waals surface area contributed by atoms with Crippen LogP contribution in [0.25, 0.3) is 22.3 Å². The highest BCUT2D eigenvalue weighted by Crippen LogP contribution is 2.64. The minimum atomic E-state index is -0.230. The molecule has 87 heavy (non-hydrogen) atoms. The minimum absolute atomic E-state index is 0.0475. The monoisotopic (exact) mass is 1150 g/mol. The van der Waals surface area contributed by atoms with E-state index in [-0.39, 0.29) is 39.3 Å². The summed E-state index contributed by atoms with van der Waals surface area (Å²) in [6.45, 7) is 25.2. The molecule has 8 aliphatic rings. The van der Waals surface area contributed by atoms with Crippen LogP contribution in [0.3, 0.4) is 0 Å². The van der Waals surface area contributed by atoms with Crippen molar-refractivity contribution in [2.75, 3.05) is 14.7 Å². The average molecular weight is 1150 g/mol. The Morgan fingerprint density at radius 1 is 0.368 bits per heavy atom. The Kier molecular flexibility index (Phi) is 11.6. The van der Waals surface area contributed by atoms with Crippen molar-refractivity contribution in [1.29, 1.82) is 0 Å². The summed E-state index contributed by atoms with van der Waals surface area (Å²) in [5.41, 5.74) is 34.2. The number of fused-ring (bicyclic) bond motifs is 11. The van der Waals surface area contributed by atoms with Crippen molar-refractivity contribution in [2.45, 2.75) is 167 Å². The molecule has 0 spiro atoms. The zero-order valence-corrected chi connectivity index (χ0v) is 53.8.